The van der Waals surface area contributed by atoms with Gasteiger partial charge in [-0.1, -0.05) is 0 Å². The molecule has 1 fully saturated rings. The molecule has 4 N–H and O–H groups in total. The summed E-state index contributed by atoms with van der Waals surface area (Å²) < 4.78 is 5.09. The van der Waals surface area contributed by atoms with E-state index in [2.05, 4.69) is 12.6 Å². The fourth-order valence-electron chi connectivity index (χ4n) is 1.48. The molecule has 0 saturated carbocycles. The molecule has 0 radical (unpaired) electrons. The maximum absolute atomic E-state index is 9.57. The van der Waals surface area contributed by atoms with Gasteiger partial charge in [-0.2, -0.15) is 5.26 Å². The van der Waals surface area contributed by atoms with Crippen LogP contribution in [0, 0.1) is 11.3 Å². The third kappa shape index (κ3) is 2.25. The predicted molar refractivity (Wildman–Crippen MR) is 51.9 cm³/mol. The number of nitrogens with zero attached hydrogens (tertiary/aromatic N) is 1. The minimum absolute atomic E-state index is 0.266. The first-order valence-corrected chi connectivity index (χ1v) is 4.83. The van der Waals surface area contributed by atoms with Crippen LogP contribution in [0.5, 0.6) is 0 Å². The number of ether oxygens (including phenoxy) is 1. The summed E-state index contributed by atoms with van der Waals surface area (Å²) in [4.78, 5) is -1.57. The summed E-state index contributed by atoms with van der Waals surface area (Å²) in [6.45, 7) is -0.529. The molecule has 86 valence electrons. The van der Waals surface area contributed by atoms with E-state index < -0.39 is 36.0 Å². The van der Waals surface area contributed by atoms with Crippen molar-refractivity contribution in [2.24, 2.45) is 0 Å². The van der Waals surface area contributed by atoms with E-state index in [-0.39, 0.29) is 6.42 Å². The van der Waals surface area contributed by atoms with E-state index in [1.165, 1.54) is 0 Å². The molecule has 1 heterocycles. The Labute approximate surface area is 92.1 Å². The van der Waals surface area contributed by atoms with Gasteiger partial charge in [0.1, 0.15) is 24.4 Å². The molecule has 5 atom stereocenters. The Hall–Kier alpha value is -0.360. The monoisotopic (exact) mass is 235 g/mol. The smallest absolute Gasteiger partial charge is 0.152 e. The molecule has 1 aliphatic rings. The van der Waals surface area contributed by atoms with E-state index in [9.17, 15) is 15.3 Å². The molecule has 0 aromatic rings. The van der Waals surface area contributed by atoms with Crippen molar-refractivity contribution in [3.63, 3.8) is 0 Å². The zero-order valence-electron chi connectivity index (χ0n) is 7.82. The standard InChI is InChI=1S/C8H13NO5S/c9-2-1-8(15)7(13)6(12)5(11)4(3-10)14-8/h4-7,10-13,15H,1,3H2/t4-,5-,6+,7+,8?/m1/s1. The highest BCUT2D eigenvalue weighted by Crippen LogP contribution is 2.35. The molecule has 0 aliphatic carbocycles. The van der Waals surface area contributed by atoms with Gasteiger partial charge in [-0.15, -0.1) is 12.6 Å². The Morgan fingerprint density at radius 2 is 1.93 bits per heavy atom. The number of aliphatic hydroxyl groups excluding tert-OH is 4. The van der Waals surface area contributed by atoms with Gasteiger partial charge in [0.2, 0.25) is 0 Å². The van der Waals surface area contributed by atoms with Crippen LogP contribution in [-0.2, 0) is 4.74 Å². The predicted octanol–water partition coefficient (Wildman–Crippen LogP) is -2.00. The summed E-state index contributed by atoms with van der Waals surface area (Å²) in [5, 5.41) is 45.8. The van der Waals surface area contributed by atoms with Crippen molar-refractivity contribution >= 4 is 12.6 Å². The van der Waals surface area contributed by atoms with Crippen LogP contribution in [0.3, 0.4) is 0 Å². The van der Waals surface area contributed by atoms with Crippen molar-refractivity contribution in [3.05, 3.63) is 0 Å². The minimum atomic E-state index is -1.57. The highest BCUT2D eigenvalue weighted by molar-refractivity contribution is 7.81. The lowest BCUT2D eigenvalue weighted by Crippen LogP contribution is -2.62. The second kappa shape index (κ2) is 4.65. The van der Waals surface area contributed by atoms with Crippen molar-refractivity contribution in [1.82, 2.24) is 0 Å². The molecule has 0 aromatic heterocycles. The van der Waals surface area contributed by atoms with Gasteiger partial charge in [0.05, 0.1) is 19.1 Å². The maximum Gasteiger partial charge on any atom is 0.152 e. The van der Waals surface area contributed by atoms with Gasteiger partial charge in [-0.3, -0.25) is 0 Å². The molecule has 0 aromatic carbocycles. The first kappa shape index (κ1) is 12.7. The molecular weight excluding hydrogens is 222 g/mol. The van der Waals surface area contributed by atoms with Crippen molar-refractivity contribution < 1.29 is 25.2 Å². The van der Waals surface area contributed by atoms with E-state index in [4.69, 9.17) is 15.1 Å². The Morgan fingerprint density at radius 3 is 2.40 bits per heavy atom. The second-order valence-electron chi connectivity index (χ2n) is 3.44. The number of nitriles is 1. The lowest BCUT2D eigenvalue weighted by Gasteiger charge is -2.45. The van der Waals surface area contributed by atoms with Crippen LogP contribution >= 0.6 is 12.6 Å². The van der Waals surface area contributed by atoms with Gasteiger partial charge in [0.25, 0.3) is 0 Å². The topological polar surface area (TPSA) is 114 Å². The maximum atomic E-state index is 9.57. The van der Waals surface area contributed by atoms with E-state index in [0.717, 1.165) is 0 Å². The molecular formula is C8H13NO5S. The van der Waals surface area contributed by atoms with E-state index in [1.807, 2.05) is 0 Å². The van der Waals surface area contributed by atoms with E-state index in [0.29, 0.717) is 0 Å². The third-order valence-corrected chi connectivity index (χ3v) is 2.91. The van der Waals surface area contributed by atoms with E-state index in [1.54, 1.807) is 6.07 Å². The van der Waals surface area contributed by atoms with Gasteiger partial charge in [0, 0.05) is 0 Å². The fourth-order valence-corrected chi connectivity index (χ4v) is 1.84. The Bertz CT molecular complexity index is 268. The Morgan fingerprint density at radius 1 is 1.33 bits per heavy atom. The van der Waals surface area contributed by atoms with Crippen LogP contribution in [0.15, 0.2) is 0 Å². The molecule has 0 bridgehead atoms. The summed E-state index contributed by atoms with van der Waals surface area (Å²) in [5.74, 6) is 0. The summed E-state index contributed by atoms with van der Waals surface area (Å²) in [7, 11) is 0. The van der Waals surface area contributed by atoms with Crippen LogP contribution < -0.4 is 0 Å². The van der Waals surface area contributed by atoms with E-state index >= 15 is 0 Å². The van der Waals surface area contributed by atoms with Gasteiger partial charge >= 0.3 is 0 Å². The number of aliphatic hydroxyl groups is 4. The van der Waals surface area contributed by atoms with Gasteiger partial charge in [-0.05, 0) is 0 Å². The molecule has 7 heteroatoms. The second-order valence-corrected chi connectivity index (χ2v) is 4.20. The quantitative estimate of drug-likeness (QED) is 0.354. The van der Waals surface area contributed by atoms with Gasteiger partial charge in [0.15, 0.2) is 4.93 Å². The minimum Gasteiger partial charge on any atom is -0.394 e. The van der Waals surface area contributed by atoms with Crippen molar-refractivity contribution in [1.29, 1.82) is 5.26 Å². The largest absolute Gasteiger partial charge is 0.394 e. The number of hydrogen-bond donors (Lipinski definition) is 5. The highest BCUT2D eigenvalue weighted by atomic mass is 32.1. The van der Waals surface area contributed by atoms with Crippen LogP contribution in [0.1, 0.15) is 6.42 Å². The molecule has 1 unspecified atom stereocenters. The zero-order valence-corrected chi connectivity index (χ0v) is 8.71. The van der Waals surface area contributed by atoms with Crippen LogP contribution in [0.4, 0.5) is 0 Å². The van der Waals surface area contributed by atoms with Crippen molar-refractivity contribution in [2.45, 2.75) is 35.8 Å². The average molecular weight is 235 g/mol. The SMILES string of the molecule is N#CCC1(S)O[C@H](CO)[C@@H](O)[C@H](O)[C@@H]1O. The average Bonchev–Trinajstić information content (AvgIpc) is 2.21. The zero-order chi connectivity index (χ0) is 11.6. The Balaban J connectivity index is 2.88. The molecule has 1 rings (SSSR count). The molecule has 0 spiro atoms. The first-order chi connectivity index (χ1) is 6.96. The third-order valence-electron chi connectivity index (χ3n) is 2.38. The van der Waals surface area contributed by atoms with Gasteiger partial charge < -0.3 is 25.2 Å². The molecule has 15 heavy (non-hydrogen) atoms. The van der Waals surface area contributed by atoms with Crippen molar-refractivity contribution in [3.8, 4) is 6.07 Å². The highest BCUT2D eigenvalue weighted by Gasteiger charge is 2.51. The lowest BCUT2D eigenvalue weighted by molar-refractivity contribution is -0.239. The number of thiol groups is 1. The van der Waals surface area contributed by atoms with Crippen LogP contribution in [0.2, 0.25) is 0 Å². The number of hydrogen-bond acceptors (Lipinski definition) is 7. The Kier molecular flexibility index (Phi) is 3.94. The molecule has 1 saturated heterocycles. The molecule has 0 amide bonds. The molecule has 1 aliphatic heterocycles. The fraction of sp³-hybridized carbons (Fsp3) is 0.875. The summed E-state index contributed by atoms with van der Waals surface area (Å²) in [6, 6.07) is 1.75. The first-order valence-electron chi connectivity index (χ1n) is 4.38. The summed E-state index contributed by atoms with van der Waals surface area (Å²) in [6.07, 6.45) is -5.71. The molecule has 6 nitrogen and oxygen atoms in total. The number of rotatable bonds is 2. The lowest BCUT2D eigenvalue weighted by atomic mass is 9.93. The van der Waals surface area contributed by atoms with Crippen molar-refractivity contribution in [2.75, 3.05) is 6.61 Å². The normalized spacial score (nSPS) is 46.1. The van der Waals surface area contributed by atoms with Gasteiger partial charge in [-0.25, -0.2) is 0 Å². The van der Waals surface area contributed by atoms with Crippen LogP contribution in [0.25, 0.3) is 0 Å². The van der Waals surface area contributed by atoms with Crippen LogP contribution in [-0.4, -0.2) is 56.4 Å². The summed E-state index contributed by atoms with van der Waals surface area (Å²) in [5.41, 5.74) is 0. The summed E-state index contributed by atoms with van der Waals surface area (Å²) >= 11 is 3.96.